The van der Waals surface area contributed by atoms with Crippen LogP contribution in [0.3, 0.4) is 0 Å². The van der Waals surface area contributed by atoms with Crippen LogP contribution in [-0.2, 0) is 4.79 Å². The third kappa shape index (κ3) is 5.03. The Kier molecular flexibility index (Phi) is 5.26. The van der Waals surface area contributed by atoms with Gasteiger partial charge in [-0.15, -0.1) is 0 Å². The van der Waals surface area contributed by atoms with Crippen LogP contribution in [0.4, 0.5) is 13.6 Å². The molecule has 0 radical (unpaired) electrons. The van der Waals surface area contributed by atoms with Gasteiger partial charge >= 0.3 is 11.5 Å². The SMILES string of the molecule is CN(C)C(=O)Oc1ccc(C(O)=CC(=O)C(F)(F)Cl)cc1. The van der Waals surface area contributed by atoms with Crippen LogP contribution in [-0.4, -0.2) is 41.4 Å². The van der Waals surface area contributed by atoms with Crippen molar-refractivity contribution in [2.75, 3.05) is 14.1 Å². The van der Waals surface area contributed by atoms with Crippen LogP contribution in [0, 0.1) is 0 Å². The molecule has 1 rings (SSSR count). The van der Waals surface area contributed by atoms with Crippen LogP contribution >= 0.6 is 11.6 Å². The zero-order valence-electron chi connectivity index (χ0n) is 11.1. The van der Waals surface area contributed by atoms with Gasteiger partial charge in [-0.2, -0.15) is 8.78 Å². The van der Waals surface area contributed by atoms with Crippen LogP contribution < -0.4 is 4.74 Å². The van der Waals surface area contributed by atoms with Crippen molar-refractivity contribution >= 4 is 29.2 Å². The van der Waals surface area contributed by atoms with Gasteiger partial charge in [0.25, 0.3) is 0 Å². The van der Waals surface area contributed by atoms with Crippen molar-refractivity contribution in [1.29, 1.82) is 0 Å². The summed E-state index contributed by atoms with van der Waals surface area (Å²) in [7, 11) is 3.01. The first-order valence-corrected chi connectivity index (χ1v) is 6.00. The van der Waals surface area contributed by atoms with Gasteiger partial charge in [-0.05, 0) is 35.9 Å². The van der Waals surface area contributed by atoms with E-state index in [1.807, 2.05) is 0 Å². The molecule has 0 unspecified atom stereocenters. The summed E-state index contributed by atoms with van der Waals surface area (Å²) in [6, 6.07) is 5.27. The lowest BCUT2D eigenvalue weighted by Crippen LogP contribution is -2.25. The van der Waals surface area contributed by atoms with E-state index in [-0.39, 0.29) is 11.3 Å². The number of halogens is 3. The van der Waals surface area contributed by atoms with E-state index >= 15 is 0 Å². The van der Waals surface area contributed by atoms with Crippen molar-refractivity contribution in [3.63, 3.8) is 0 Å². The van der Waals surface area contributed by atoms with Crippen molar-refractivity contribution < 1.29 is 28.2 Å². The lowest BCUT2D eigenvalue weighted by Gasteiger charge is -2.10. The van der Waals surface area contributed by atoms with Gasteiger partial charge in [0.05, 0.1) is 0 Å². The molecule has 0 aromatic heterocycles. The topological polar surface area (TPSA) is 66.8 Å². The highest BCUT2D eigenvalue weighted by Crippen LogP contribution is 2.23. The van der Waals surface area contributed by atoms with Crippen LogP contribution in [0.15, 0.2) is 30.3 Å². The number of nitrogens with zero attached hydrogens (tertiary/aromatic N) is 1. The second-order valence-electron chi connectivity index (χ2n) is 4.18. The Hall–Kier alpha value is -2.15. The monoisotopic (exact) mass is 319 g/mol. The van der Waals surface area contributed by atoms with Crippen molar-refractivity contribution in [1.82, 2.24) is 4.90 Å². The van der Waals surface area contributed by atoms with Crippen molar-refractivity contribution in [2.45, 2.75) is 5.38 Å². The Morgan fingerprint density at radius 3 is 2.24 bits per heavy atom. The van der Waals surface area contributed by atoms with Crippen LogP contribution in [0.1, 0.15) is 5.56 Å². The molecule has 1 aromatic carbocycles. The van der Waals surface area contributed by atoms with E-state index in [9.17, 15) is 23.5 Å². The fourth-order valence-electron chi connectivity index (χ4n) is 1.18. The zero-order chi connectivity index (χ0) is 16.2. The molecule has 0 aliphatic carbocycles. The summed E-state index contributed by atoms with van der Waals surface area (Å²) < 4.78 is 29.9. The molecule has 1 aromatic rings. The van der Waals surface area contributed by atoms with E-state index in [2.05, 4.69) is 11.6 Å². The molecule has 0 aliphatic rings. The highest BCUT2D eigenvalue weighted by atomic mass is 35.5. The molecule has 0 fully saturated rings. The number of allylic oxidation sites excluding steroid dienone is 1. The number of carbonyl (C=O) groups is 2. The summed E-state index contributed by atoms with van der Waals surface area (Å²) in [5.41, 5.74) is 0.0916. The molecule has 1 N–H and O–H groups in total. The number of hydrogen-bond acceptors (Lipinski definition) is 4. The average molecular weight is 320 g/mol. The Morgan fingerprint density at radius 2 is 1.81 bits per heavy atom. The molecule has 0 aliphatic heterocycles. The molecule has 8 heteroatoms. The number of ether oxygens (including phenoxy) is 1. The quantitative estimate of drug-likeness (QED) is 0.526. The van der Waals surface area contributed by atoms with Crippen LogP contribution in [0.2, 0.25) is 0 Å². The van der Waals surface area contributed by atoms with Gasteiger partial charge in [0.2, 0.25) is 5.78 Å². The average Bonchev–Trinajstić information content (AvgIpc) is 2.38. The predicted octanol–water partition coefficient (Wildman–Crippen LogP) is 3.05. The van der Waals surface area contributed by atoms with E-state index in [4.69, 9.17) is 4.74 Å². The molecule has 0 heterocycles. The maximum absolute atomic E-state index is 12.5. The molecule has 0 saturated carbocycles. The number of aliphatic hydroxyl groups is 1. The summed E-state index contributed by atoms with van der Waals surface area (Å²) in [6.45, 7) is 0. The largest absolute Gasteiger partial charge is 0.507 e. The molecule has 0 bridgehead atoms. The fourth-order valence-corrected chi connectivity index (χ4v) is 1.23. The zero-order valence-corrected chi connectivity index (χ0v) is 11.9. The maximum Gasteiger partial charge on any atom is 0.414 e. The summed E-state index contributed by atoms with van der Waals surface area (Å²) in [5, 5.41) is 5.47. The third-order valence-electron chi connectivity index (χ3n) is 2.27. The van der Waals surface area contributed by atoms with Crippen LogP contribution in [0.5, 0.6) is 5.75 Å². The molecule has 5 nitrogen and oxygen atoms in total. The van der Waals surface area contributed by atoms with Gasteiger partial charge in [0.1, 0.15) is 11.5 Å². The molecule has 21 heavy (non-hydrogen) atoms. The maximum atomic E-state index is 12.5. The summed E-state index contributed by atoms with van der Waals surface area (Å²) in [4.78, 5) is 23.4. The van der Waals surface area contributed by atoms with Crippen molar-refractivity contribution in [3.8, 4) is 5.75 Å². The number of carbonyl (C=O) groups excluding carboxylic acids is 2. The molecule has 0 spiro atoms. The fraction of sp³-hybridized carbons (Fsp3) is 0.231. The van der Waals surface area contributed by atoms with E-state index < -0.39 is 23.0 Å². The Bertz CT molecular complexity index is 565. The minimum Gasteiger partial charge on any atom is -0.507 e. The summed E-state index contributed by atoms with van der Waals surface area (Å²) in [6.07, 6.45) is -0.270. The third-order valence-corrected chi connectivity index (χ3v) is 2.45. The van der Waals surface area contributed by atoms with Gasteiger partial charge in [0.15, 0.2) is 0 Å². The van der Waals surface area contributed by atoms with E-state index in [1.165, 1.54) is 43.3 Å². The minimum atomic E-state index is -4.07. The number of aliphatic hydroxyl groups excluding tert-OH is 1. The molecule has 1 amide bonds. The second kappa shape index (κ2) is 6.53. The number of alkyl halides is 3. The first-order chi connectivity index (χ1) is 9.61. The molecular weight excluding hydrogens is 308 g/mol. The Balaban J connectivity index is 2.85. The first-order valence-electron chi connectivity index (χ1n) is 5.62. The highest BCUT2D eigenvalue weighted by Gasteiger charge is 2.34. The number of rotatable bonds is 4. The summed E-state index contributed by atoms with van der Waals surface area (Å²) >= 11 is 4.53. The standard InChI is InChI=1S/C13H12ClF2NO4/c1-17(2)12(20)21-9-5-3-8(4-6-9)10(18)7-11(19)13(14,15)16/h3-7,18H,1-2H3. The lowest BCUT2D eigenvalue weighted by atomic mass is 10.1. The van der Waals surface area contributed by atoms with E-state index in [1.54, 1.807) is 0 Å². The highest BCUT2D eigenvalue weighted by molar-refractivity contribution is 6.34. The summed E-state index contributed by atoms with van der Waals surface area (Å²) in [5.74, 6) is -2.21. The van der Waals surface area contributed by atoms with E-state index in [0.717, 1.165) is 0 Å². The van der Waals surface area contributed by atoms with Gasteiger partial charge in [-0.25, -0.2) is 4.79 Å². The molecule has 0 saturated heterocycles. The van der Waals surface area contributed by atoms with Gasteiger partial charge in [-0.3, -0.25) is 4.79 Å². The molecule has 114 valence electrons. The van der Waals surface area contributed by atoms with Gasteiger partial charge in [0, 0.05) is 25.7 Å². The van der Waals surface area contributed by atoms with Crippen molar-refractivity contribution in [3.05, 3.63) is 35.9 Å². The lowest BCUT2D eigenvalue weighted by molar-refractivity contribution is -0.128. The van der Waals surface area contributed by atoms with Crippen molar-refractivity contribution in [2.24, 2.45) is 0 Å². The van der Waals surface area contributed by atoms with Gasteiger partial charge in [-0.1, -0.05) is 0 Å². The second-order valence-corrected chi connectivity index (χ2v) is 4.65. The Morgan fingerprint density at radius 1 is 1.29 bits per heavy atom. The van der Waals surface area contributed by atoms with Crippen LogP contribution in [0.25, 0.3) is 5.76 Å². The smallest absolute Gasteiger partial charge is 0.414 e. The number of ketones is 1. The number of hydrogen-bond donors (Lipinski definition) is 1. The normalized spacial score (nSPS) is 12.0. The first kappa shape index (κ1) is 16.9. The van der Waals surface area contributed by atoms with Gasteiger partial charge < -0.3 is 14.7 Å². The molecular formula is C13H12ClF2NO4. The Labute approximate surface area is 124 Å². The minimum absolute atomic E-state index is 0.0916. The molecule has 0 atom stereocenters. The number of amides is 1. The number of benzene rings is 1. The van der Waals surface area contributed by atoms with E-state index in [0.29, 0.717) is 6.08 Å². The predicted molar refractivity (Wildman–Crippen MR) is 72.6 cm³/mol.